The first-order valence-corrected chi connectivity index (χ1v) is 5.60. The fourth-order valence-corrected chi connectivity index (χ4v) is 1.77. The van der Waals surface area contributed by atoms with E-state index in [1.54, 1.807) is 0 Å². The first kappa shape index (κ1) is 11.8. The van der Waals surface area contributed by atoms with E-state index in [9.17, 15) is 0 Å². The van der Waals surface area contributed by atoms with Crippen LogP contribution in [0.2, 0.25) is 0 Å². The fraction of sp³-hybridized carbons (Fsp3) is 0.600. The van der Waals surface area contributed by atoms with Gasteiger partial charge < -0.3 is 11.1 Å². The summed E-state index contributed by atoms with van der Waals surface area (Å²) in [5, 5.41) is 12.8. The molecule has 1 aromatic heterocycles. The molecule has 0 unspecified atom stereocenters. The van der Waals surface area contributed by atoms with Gasteiger partial charge in [-0.2, -0.15) is 9.64 Å². The third kappa shape index (κ3) is 3.40. The molecule has 15 heavy (non-hydrogen) atoms. The smallest absolute Gasteiger partial charge is 0.157 e. The van der Waals surface area contributed by atoms with Crippen molar-refractivity contribution in [3.63, 3.8) is 0 Å². The molecule has 0 bridgehead atoms. The van der Waals surface area contributed by atoms with Gasteiger partial charge in [-0.25, -0.2) is 0 Å². The van der Waals surface area contributed by atoms with Crippen molar-refractivity contribution < 1.29 is 0 Å². The lowest BCUT2D eigenvalue weighted by atomic mass is 9.92. The minimum absolute atomic E-state index is 0.288. The predicted molar refractivity (Wildman–Crippen MR) is 63.8 cm³/mol. The standard InChI is InChI=1S/C10H16N4S/c1-10(2,3)4-5-13-9-7(6-11)8(12)14-15-9/h13H,4-5H2,1-3H3,(H2,12,14). The molecule has 0 saturated carbocycles. The van der Waals surface area contributed by atoms with Crippen molar-refractivity contribution in [3.8, 4) is 6.07 Å². The Labute approximate surface area is 94.3 Å². The lowest BCUT2D eigenvalue weighted by Crippen LogP contribution is -2.12. The molecule has 0 atom stereocenters. The Morgan fingerprint density at radius 3 is 2.73 bits per heavy atom. The topological polar surface area (TPSA) is 74.7 Å². The second-order valence-electron chi connectivity index (χ2n) is 4.62. The van der Waals surface area contributed by atoms with Crippen LogP contribution in [0.25, 0.3) is 0 Å². The van der Waals surface area contributed by atoms with Crippen LogP contribution in [0.1, 0.15) is 32.8 Å². The summed E-state index contributed by atoms with van der Waals surface area (Å²) in [6, 6.07) is 2.05. The molecule has 0 aliphatic heterocycles. The Bertz CT molecular complexity index is 370. The van der Waals surface area contributed by atoms with Crippen molar-refractivity contribution in [1.82, 2.24) is 4.37 Å². The molecular weight excluding hydrogens is 208 g/mol. The average Bonchev–Trinajstić information content (AvgIpc) is 2.44. The summed E-state index contributed by atoms with van der Waals surface area (Å²) in [5.74, 6) is 0.320. The Morgan fingerprint density at radius 1 is 1.53 bits per heavy atom. The normalized spacial score (nSPS) is 11.1. The van der Waals surface area contributed by atoms with Gasteiger partial charge in [-0.15, -0.1) is 0 Å². The van der Waals surface area contributed by atoms with Crippen LogP contribution in [0.15, 0.2) is 0 Å². The van der Waals surface area contributed by atoms with E-state index in [0.29, 0.717) is 11.4 Å². The predicted octanol–water partition coefficient (Wildman–Crippen LogP) is 2.45. The first-order chi connectivity index (χ1) is 6.94. The van der Waals surface area contributed by atoms with Gasteiger partial charge in [-0.3, -0.25) is 0 Å². The van der Waals surface area contributed by atoms with Crippen LogP contribution in [0.5, 0.6) is 0 Å². The summed E-state index contributed by atoms with van der Waals surface area (Å²) in [6.07, 6.45) is 1.04. The van der Waals surface area contributed by atoms with Gasteiger partial charge in [0.05, 0.1) is 0 Å². The molecule has 1 aromatic rings. The number of nitrogens with two attached hydrogens (primary N) is 1. The zero-order chi connectivity index (χ0) is 11.5. The van der Waals surface area contributed by atoms with Crippen LogP contribution in [-0.4, -0.2) is 10.9 Å². The number of nitriles is 1. The molecule has 0 aliphatic rings. The summed E-state index contributed by atoms with van der Waals surface area (Å²) >= 11 is 1.24. The summed E-state index contributed by atoms with van der Waals surface area (Å²) < 4.78 is 3.94. The lowest BCUT2D eigenvalue weighted by molar-refractivity contribution is 0.390. The van der Waals surface area contributed by atoms with Gasteiger partial charge in [0.25, 0.3) is 0 Å². The van der Waals surface area contributed by atoms with Crippen LogP contribution < -0.4 is 11.1 Å². The number of anilines is 2. The Kier molecular flexibility index (Phi) is 3.53. The maximum atomic E-state index is 8.84. The monoisotopic (exact) mass is 224 g/mol. The quantitative estimate of drug-likeness (QED) is 0.827. The van der Waals surface area contributed by atoms with Crippen LogP contribution in [0.3, 0.4) is 0 Å². The van der Waals surface area contributed by atoms with E-state index < -0.39 is 0 Å². The highest BCUT2D eigenvalue weighted by atomic mass is 32.1. The summed E-state index contributed by atoms with van der Waals surface area (Å²) in [4.78, 5) is 0. The molecule has 3 N–H and O–H groups in total. The molecule has 82 valence electrons. The molecule has 0 amide bonds. The molecule has 5 heteroatoms. The van der Waals surface area contributed by atoms with Crippen molar-refractivity contribution in [2.75, 3.05) is 17.6 Å². The van der Waals surface area contributed by atoms with Crippen molar-refractivity contribution in [3.05, 3.63) is 5.56 Å². The van der Waals surface area contributed by atoms with Crippen molar-refractivity contribution in [2.24, 2.45) is 5.41 Å². The van der Waals surface area contributed by atoms with E-state index in [1.807, 2.05) is 0 Å². The van der Waals surface area contributed by atoms with Gasteiger partial charge in [0, 0.05) is 6.54 Å². The third-order valence-corrected chi connectivity index (χ3v) is 2.81. The van der Waals surface area contributed by atoms with Crippen molar-refractivity contribution in [1.29, 1.82) is 5.26 Å². The molecule has 0 aliphatic carbocycles. The van der Waals surface area contributed by atoms with E-state index in [1.165, 1.54) is 11.5 Å². The molecule has 0 aromatic carbocycles. The fourth-order valence-electron chi connectivity index (χ4n) is 1.08. The number of nitrogens with one attached hydrogen (secondary N) is 1. The zero-order valence-electron chi connectivity index (χ0n) is 9.29. The van der Waals surface area contributed by atoms with Gasteiger partial charge in [0.2, 0.25) is 0 Å². The SMILES string of the molecule is CC(C)(C)CCNc1snc(N)c1C#N. The van der Waals surface area contributed by atoms with Crippen LogP contribution >= 0.6 is 11.5 Å². The van der Waals surface area contributed by atoms with Gasteiger partial charge >= 0.3 is 0 Å². The largest absolute Gasteiger partial charge is 0.382 e. The van der Waals surface area contributed by atoms with E-state index >= 15 is 0 Å². The van der Waals surface area contributed by atoms with E-state index in [4.69, 9.17) is 11.0 Å². The maximum absolute atomic E-state index is 8.84. The van der Waals surface area contributed by atoms with Gasteiger partial charge in [0.1, 0.15) is 16.6 Å². The van der Waals surface area contributed by atoms with Crippen molar-refractivity contribution in [2.45, 2.75) is 27.2 Å². The van der Waals surface area contributed by atoms with Crippen LogP contribution in [-0.2, 0) is 0 Å². The minimum Gasteiger partial charge on any atom is -0.382 e. The summed E-state index contributed by atoms with van der Waals surface area (Å²) in [5.41, 5.74) is 6.30. The molecule has 0 saturated heterocycles. The highest BCUT2D eigenvalue weighted by Crippen LogP contribution is 2.26. The molecule has 1 rings (SSSR count). The number of nitrogens with zero attached hydrogens (tertiary/aromatic N) is 2. The number of hydrogen-bond donors (Lipinski definition) is 2. The van der Waals surface area contributed by atoms with Crippen LogP contribution in [0.4, 0.5) is 10.8 Å². The van der Waals surface area contributed by atoms with Gasteiger partial charge in [-0.05, 0) is 23.4 Å². The highest BCUT2D eigenvalue weighted by Gasteiger charge is 2.13. The number of hydrogen-bond acceptors (Lipinski definition) is 5. The average molecular weight is 224 g/mol. The molecule has 1 heterocycles. The zero-order valence-corrected chi connectivity index (χ0v) is 10.1. The number of rotatable bonds is 3. The lowest BCUT2D eigenvalue weighted by Gasteiger charge is -2.17. The summed E-state index contributed by atoms with van der Waals surface area (Å²) in [6.45, 7) is 7.38. The van der Waals surface area contributed by atoms with Crippen molar-refractivity contribution >= 4 is 22.4 Å². The highest BCUT2D eigenvalue weighted by molar-refractivity contribution is 7.10. The minimum atomic E-state index is 0.288. The molecule has 4 nitrogen and oxygen atoms in total. The van der Waals surface area contributed by atoms with Crippen LogP contribution in [0, 0.1) is 16.7 Å². The Hall–Kier alpha value is -1.28. The van der Waals surface area contributed by atoms with Gasteiger partial charge in [0.15, 0.2) is 5.82 Å². The molecule has 0 spiro atoms. The summed E-state index contributed by atoms with van der Waals surface area (Å²) in [7, 11) is 0. The second kappa shape index (κ2) is 4.49. The van der Waals surface area contributed by atoms with E-state index in [-0.39, 0.29) is 5.41 Å². The Morgan fingerprint density at radius 2 is 2.20 bits per heavy atom. The molecule has 0 fully saturated rings. The Balaban J connectivity index is 2.56. The molecular formula is C10H16N4S. The van der Waals surface area contributed by atoms with E-state index in [0.717, 1.165) is 18.0 Å². The maximum Gasteiger partial charge on any atom is 0.157 e. The van der Waals surface area contributed by atoms with E-state index in [2.05, 4.69) is 36.5 Å². The second-order valence-corrected chi connectivity index (χ2v) is 5.39. The first-order valence-electron chi connectivity index (χ1n) is 4.83. The molecule has 0 radical (unpaired) electrons. The third-order valence-electron chi connectivity index (χ3n) is 1.99. The number of nitrogen functional groups attached to an aromatic ring is 1. The number of aromatic nitrogens is 1. The van der Waals surface area contributed by atoms with Gasteiger partial charge in [-0.1, -0.05) is 20.8 Å².